The maximum absolute atomic E-state index is 12.3. The predicted octanol–water partition coefficient (Wildman–Crippen LogP) is 1.11. The molecule has 0 aliphatic carbocycles. The molecule has 0 spiro atoms. The maximum Gasteiger partial charge on any atom is 0.261 e. The Hall–Kier alpha value is -3.02. The first-order valence-electron chi connectivity index (χ1n) is 6.84. The van der Waals surface area contributed by atoms with Crippen LogP contribution in [-0.4, -0.2) is 20.4 Å². The molecule has 3 rings (SSSR count). The van der Waals surface area contributed by atoms with Gasteiger partial charge in [-0.15, -0.1) is 0 Å². The fraction of sp³-hybridized carbons (Fsp3) is 0.125. The van der Waals surface area contributed by atoms with Crippen LogP contribution in [0.5, 0.6) is 0 Å². The normalized spacial score (nSPS) is 10.5. The molecule has 2 heterocycles. The fourth-order valence-electron chi connectivity index (χ4n) is 2.13. The Kier molecular flexibility index (Phi) is 3.91. The summed E-state index contributed by atoms with van der Waals surface area (Å²) in [5.74, 6) is -0.240. The molecule has 0 bridgehead atoms. The quantitative estimate of drug-likeness (QED) is 0.782. The van der Waals surface area contributed by atoms with Gasteiger partial charge in [0.05, 0.1) is 17.2 Å². The summed E-state index contributed by atoms with van der Waals surface area (Å²) in [5.41, 5.74) is 1.36. The van der Waals surface area contributed by atoms with Crippen molar-refractivity contribution in [3.8, 4) is 0 Å². The Labute approximate surface area is 126 Å². The van der Waals surface area contributed by atoms with E-state index >= 15 is 0 Å². The van der Waals surface area contributed by atoms with Crippen molar-refractivity contribution in [3.63, 3.8) is 0 Å². The summed E-state index contributed by atoms with van der Waals surface area (Å²) in [6.45, 7) is 0.346. The number of hydrogen-bond acceptors (Lipinski definition) is 4. The minimum Gasteiger partial charge on any atom is -0.350 e. The van der Waals surface area contributed by atoms with Crippen molar-refractivity contribution in [1.29, 1.82) is 0 Å². The van der Waals surface area contributed by atoms with Gasteiger partial charge in [0.25, 0.3) is 5.56 Å². The molecule has 0 unspecified atom stereocenters. The van der Waals surface area contributed by atoms with Gasteiger partial charge in [0.1, 0.15) is 6.54 Å². The highest BCUT2D eigenvalue weighted by Gasteiger charge is 2.07. The van der Waals surface area contributed by atoms with Crippen LogP contribution in [0.1, 0.15) is 5.56 Å². The number of hydrogen-bond donors (Lipinski definition) is 1. The zero-order valence-corrected chi connectivity index (χ0v) is 11.8. The van der Waals surface area contributed by atoms with Crippen molar-refractivity contribution in [2.75, 3.05) is 0 Å². The van der Waals surface area contributed by atoms with Gasteiger partial charge in [-0.1, -0.05) is 12.1 Å². The van der Waals surface area contributed by atoms with Gasteiger partial charge in [-0.2, -0.15) is 0 Å². The van der Waals surface area contributed by atoms with E-state index in [1.807, 2.05) is 18.2 Å². The third-order valence-corrected chi connectivity index (χ3v) is 3.28. The van der Waals surface area contributed by atoms with Gasteiger partial charge in [-0.3, -0.25) is 19.1 Å². The third kappa shape index (κ3) is 3.01. The van der Waals surface area contributed by atoms with Crippen molar-refractivity contribution in [3.05, 3.63) is 71.0 Å². The van der Waals surface area contributed by atoms with E-state index in [-0.39, 0.29) is 18.0 Å². The molecule has 3 aromatic rings. The number of para-hydroxylation sites is 1. The first-order chi connectivity index (χ1) is 10.7. The van der Waals surface area contributed by atoms with Crippen molar-refractivity contribution in [2.45, 2.75) is 13.1 Å². The van der Waals surface area contributed by atoms with Crippen molar-refractivity contribution in [1.82, 2.24) is 19.9 Å². The van der Waals surface area contributed by atoms with Crippen LogP contribution in [0.3, 0.4) is 0 Å². The van der Waals surface area contributed by atoms with Crippen molar-refractivity contribution < 1.29 is 4.79 Å². The third-order valence-electron chi connectivity index (χ3n) is 3.28. The number of amides is 1. The lowest BCUT2D eigenvalue weighted by atomic mass is 10.2. The monoisotopic (exact) mass is 294 g/mol. The molecule has 1 N–H and O–H groups in total. The van der Waals surface area contributed by atoms with Crippen molar-refractivity contribution >= 4 is 16.8 Å². The van der Waals surface area contributed by atoms with Gasteiger partial charge in [0.2, 0.25) is 5.91 Å². The molecule has 6 heteroatoms. The number of nitrogens with one attached hydrogen (secondary N) is 1. The average Bonchev–Trinajstić information content (AvgIpc) is 2.57. The first kappa shape index (κ1) is 13.9. The second-order valence-electron chi connectivity index (χ2n) is 4.83. The molecule has 0 radical (unpaired) electrons. The summed E-state index contributed by atoms with van der Waals surface area (Å²) < 4.78 is 1.31. The van der Waals surface area contributed by atoms with E-state index in [1.54, 1.807) is 30.6 Å². The number of carbonyl (C=O) groups excluding carboxylic acids is 1. The molecule has 2 aromatic heterocycles. The van der Waals surface area contributed by atoms with Crippen LogP contribution in [0.25, 0.3) is 10.9 Å². The van der Waals surface area contributed by atoms with Gasteiger partial charge in [-0.05, 0) is 29.8 Å². The summed E-state index contributed by atoms with van der Waals surface area (Å²) in [6, 6.07) is 10.7. The number of aromatic nitrogens is 3. The van der Waals surface area contributed by atoms with Crippen LogP contribution in [0, 0.1) is 0 Å². The van der Waals surface area contributed by atoms with Crippen LogP contribution >= 0.6 is 0 Å². The van der Waals surface area contributed by atoms with Gasteiger partial charge >= 0.3 is 0 Å². The molecule has 0 atom stereocenters. The number of rotatable bonds is 4. The van der Waals surface area contributed by atoms with Crippen LogP contribution in [0.2, 0.25) is 0 Å². The highest BCUT2D eigenvalue weighted by molar-refractivity contribution is 5.78. The molecule has 0 saturated heterocycles. The van der Waals surface area contributed by atoms with E-state index in [9.17, 15) is 9.59 Å². The summed E-state index contributed by atoms with van der Waals surface area (Å²) in [4.78, 5) is 32.3. The topological polar surface area (TPSA) is 76.9 Å². The Morgan fingerprint density at radius 3 is 2.73 bits per heavy atom. The summed E-state index contributed by atoms with van der Waals surface area (Å²) in [7, 11) is 0. The van der Waals surface area contributed by atoms with Crippen LogP contribution < -0.4 is 10.9 Å². The fourth-order valence-corrected chi connectivity index (χ4v) is 2.13. The van der Waals surface area contributed by atoms with E-state index in [0.717, 1.165) is 5.56 Å². The van der Waals surface area contributed by atoms with Gasteiger partial charge < -0.3 is 5.32 Å². The average molecular weight is 294 g/mol. The lowest BCUT2D eigenvalue weighted by molar-refractivity contribution is -0.121. The lowest BCUT2D eigenvalue weighted by Crippen LogP contribution is -2.32. The number of benzene rings is 1. The molecule has 6 nitrogen and oxygen atoms in total. The molecule has 0 aliphatic rings. The minimum atomic E-state index is -0.240. The molecular weight excluding hydrogens is 280 g/mol. The van der Waals surface area contributed by atoms with E-state index in [1.165, 1.54) is 10.9 Å². The standard InChI is InChI=1S/C16H14N4O2/c21-15(18-9-12-5-7-17-8-6-12)10-20-11-19-14-4-2-1-3-13(14)16(20)22/h1-8,11H,9-10H2,(H,18,21). The Morgan fingerprint density at radius 2 is 1.91 bits per heavy atom. The second kappa shape index (κ2) is 6.17. The van der Waals surface area contributed by atoms with E-state index in [2.05, 4.69) is 15.3 Å². The second-order valence-corrected chi connectivity index (χ2v) is 4.83. The zero-order chi connectivity index (χ0) is 15.4. The number of fused-ring (bicyclic) bond motifs is 1. The van der Waals surface area contributed by atoms with Crippen molar-refractivity contribution in [2.24, 2.45) is 0 Å². The molecular formula is C16H14N4O2. The molecule has 0 aliphatic heterocycles. The van der Waals surface area contributed by atoms with E-state index < -0.39 is 0 Å². The zero-order valence-electron chi connectivity index (χ0n) is 11.8. The van der Waals surface area contributed by atoms with Gasteiger partial charge in [0, 0.05) is 18.9 Å². The molecule has 110 valence electrons. The molecule has 1 aromatic carbocycles. The Morgan fingerprint density at radius 1 is 1.14 bits per heavy atom. The summed E-state index contributed by atoms with van der Waals surface area (Å²) >= 11 is 0. The Bertz CT molecular complexity index is 859. The maximum atomic E-state index is 12.3. The molecule has 0 saturated carbocycles. The highest BCUT2D eigenvalue weighted by atomic mass is 16.2. The van der Waals surface area contributed by atoms with Crippen LogP contribution in [-0.2, 0) is 17.9 Å². The van der Waals surface area contributed by atoms with E-state index in [0.29, 0.717) is 17.4 Å². The lowest BCUT2D eigenvalue weighted by Gasteiger charge is -2.08. The van der Waals surface area contributed by atoms with Gasteiger partial charge in [-0.25, -0.2) is 4.98 Å². The largest absolute Gasteiger partial charge is 0.350 e. The smallest absolute Gasteiger partial charge is 0.261 e. The minimum absolute atomic E-state index is 0.0538. The van der Waals surface area contributed by atoms with Crippen LogP contribution in [0.4, 0.5) is 0 Å². The molecule has 0 fully saturated rings. The number of carbonyl (C=O) groups is 1. The SMILES string of the molecule is O=C(Cn1cnc2ccccc2c1=O)NCc1ccncc1. The first-order valence-corrected chi connectivity index (χ1v) is 6.84. The number of pyridine rings is 1. The Balaban J connectivity index is 1.72. The predicted molar refractivity (Wildman–Crippen MR) is 82.1 cm³/mol. The number of nitrogens with zero attached hydrogens (tertiary/aromatic N) is 3. The highest BCUT2D eigenvalue weighted by Crippen LogP contribution is 2.04. The summed E-state index contributed by atoms with van der Waals surface area (Å²) in [5, 5.41) is 3.27. The van der Waals surface area contributed by atoms with E-state index in [4.69, 9.17) is 0 Å². The van der Waals surface area contributed by atoms with Crippen LogP contribution in [0.15, 0.2) is 59.9 Å². The van der Waals surface area contributed by atoms with Gasteiger partial charge in [0.15, 0.2) is 0 Å². The molecule has 22 heavy (non-hydrogen) atoms. The molecule has 1 amide bonds. The summed E-state index contributed by atoms with van der Waals surface area (Å²) in [6.07, 6.45) is 4.73.